The van der Waals surface area contributed by atoms with Crippen molar-refractivity contribution in [1.29, 1.82) is 0 Å². The van der Waals surface area contributed by atoms with Crippen LogP contribution in [0.25, 0.3) is 0 Å². The zero-order chi connectivity index (χ0) is 13.7. The van der Waals surface area contributed by atoms with Gasteiger partial charge in [0.05, 0.1) is 25.5 Å². The van der Waals surface area contributed by atoms with E-state index in [1.807, 2.05) is 10.9 Å². The van der Waals surface area contributed by atoms with E-state index in [4.69, 9.17) is 4.74 Å². The number of aromatic nitrogens is 2. The molecule has 0 saturated carbocycles. The normalized spacial score (nSPS) is 21.2. The lowest BCUT2D eigenvalue weighted by Crippen LogP contribution is -2.49. The summed E-state index contributed by atoms with van der Waals surface area (Å²) >= 11 is 0. The Hall–Kier alpha value is -0.910. The van der Waals surface area contributed by atoms with Gasteiger partial charge in [0.2, 0.25) is 0 Å². The second-order valence-corrected chi connectivity index (χ2v) is 5.57. The van der Waals surface area contributed by atoms with Crippen molar-refractivity contribution in [2.45, 2.75) is 39.5 Å². The van der Waals surface area contributed by atoms with Crippen LogP contribution in [0.2, 0.25) is 0 Å². The van der Waals surface area contributed by atoms with Crippen LogP contribution in [-0.2, 0) is 11.3 Å². The third-order valence-corrected chi connectivity index (χ3v) is 3.55. The van der Waals surface area contributed by atoms with Crippen LogP contribution in [0.3, 0.4) is 0 Å². The van der Waals surface area contributed by atoms with Gasteiger partial charge in [0.25, 0.3) is 0 Å². The van der Waals surface area contributed by atoms with E-state index in [1.165, 1.54) is 5.56 Å². The number of ether oxygens (including phenoxy) is 1. The lowest BCUT2D eigenvalue weighted by Gasteiger charge is -2.35. The minimum absolute atomic E-state index is 0.315. The predicted molar refractivity (Wildman–Crippen MR) is 76.3 cm³/mol. The second-order valence-electron chi connectivity index (χ2n) is 5.57. The van der Waals surface area contributed by atoms with E-state index in [1.54, 1.807) is 0 Å². The molecule has 1 aliphatic heterocycles. The maximum absolute atomic E-state index is 5.79. The van der Waals surface area contributed by atoms with Crippen LogP contribution in [0.15, 0.2) is 12.4 Å². The van der Waals surface area contributed by atoms with E-state index in [0.29, 0.717) is 12.1 Å². The fourth-order valence-electron chi connectivity index (χ4n) is 2.38. The first-order chi connectivity index (χ1) is 9.15. The topological polar surface area (TPSA) is 42.3 Å². The number of hydrogen-bond donors (Lipinski definition) is 1. The summed E-state index contributed by atoms with van der Waals surface area (Å²) in [5, 5.41) is 7.73. The Bertz CT molecular complexity index is 377. The zero-order valence-electron chi connectivity index (χ0n) is 12.3. The van der Waals surface area contributed by atoms with E-state index >= 15 is 0 Å². The number of nitrogens with zero attached hydrogens (tertiary/aromatic N) is 3. The highest BCUT2D eigenvalue weighted by atomic mass is 16.5. The van der Waals surface area contributed by atoms with Crippen molar-refractivity contribution in [3.63, 3.8) is 0 Å². The molecular weight excluding hydrogens is 240 g/mol. The average molecular weight is 266 g/mol. The van der Waals surface area contributed by atoms with E-state index in [9.17, 15) is 0 Å². The third-order valence-electron chi connectivity index (χ3n) is 3.55. The van der Waals surface area contributed by atoms with Crippen molar-refractivity contribution in [1.82, 2.24) is 20.0 Å². The molecule has 0 bridgehead atoms. The van der Waals surface area contributed by atoms with Gasteiger partial charge >= 0.3 is 0 Å². The van der Waals surface area contributed by atoms with Gasteiger partial charge in [-0.15, -0.1) is 0 Å². The molecule has 0 radical (unpaired) electrons. The average Bonchev–Trinajstić information content (AvgIpc) is 2.81. The van der Waals surface area contributed by atoms with Crippen LogP contribution in [-0.4, -0.2) is 59.6 Å². The van der Waals surface area contributed by atoms with Gasteiger partial charge in [0.1, 0.15) is 0 Å². The minimum atomic E-state index is 0.315. The Labute approximate surface area is 115 Å². The highest BCUT2D eigenvalue weighted by Crippen LogP contribution is 2.07. The van der Waals surface area contributed by atoms with Gasteiger partial charge in [-0.1, -0.05) is 0 Å². The summed E-state index contributed by atoms with van der Waals surface area (Å²) in [7, 11) is 0. The summed E-state index contributed by atoms with van der Waals surface area (Å²) in [6.45, 7) is 12.3. The lowest BCUT2D eigenvalue weighted by molar-refractivity contribution is -0.0371. The van der Waals surface area contributed by atoms with Crippen LogP contribution in [0.5, 0.6) is 0 Å². The van der Waals surface area contributed by atoms with Crippen molar-refractivity contribution in [3.8, 4) is 0 Å². The molecule has 1 aromatic heterocycles. The van der Waals surface area contributed by atoms with Gasteiger partial charge in [-0.2, -0.15) is 5.10 Å². The van der Waals surface area contributed by atoms with E-state index < -0.39 is 0 Å². The molecule has 5 nitrogen and oxygen atoms in total. The first-order valence-corrected chi connectivity index (χ1v) is 7.20. The number of hydrogen-bond acceptors (Lipinski definition) is 4. The molecule has 0 aliphatic carbocycles. The summed E-state index contributed by atoms with van der Waals surface area (Å²) in [4.78, 5) is 2.48. The summed E-state index contributed by atoms with van der Waals surface area (Å²) < 4.78 is 7.76. The van der Waals surface area contributed by atoms with Gasteiger partial charge in [0.15, 0.2) is 0 Å². The minimum Gasteiger partial charge on any atom is -0.374 e. The fourth-order valence-corrected chi connectivity index (χ4v) is 2.38. The van der Waals surface area contributed by atoms with Crippen LogP contribution in [0.1, 0.15) is 19.4 Å². The molecule has 19 heavy (non-hydrogen) atoms. The Kier molecular flexibility index (Phi) is 5.36. The Morgan fingerprint density at radius 2 is 2.37 bits per heavy atom. The summed E-state index contributed by atoms with van der Waals surface area (Å²) in [6.07, 6.45) is 4.28. The van der Waals surface area contributed by atoms with Crippen LogP contribution >= 0.6 is 0 Å². The Morgan fingerprint density at radius 3 is 3.05 bits per heavy atom. The lowest BCUT2D eigenvalue weighted by atomic mass is 10.2. The summed E-state index contributed by atoms with van der Waals surface area (Å²) in [5.41, 5.74) is 1.21. The molecule has 1 aliphatic rings. The molecule has 1 saturated heterocycles. The van der Waals surface area contributed by atoms with Crippen LogP contribution in [0.4, 0.5) is 0 Å². The SMILES string of the molecule is Cc1cnn(CCNCC2CN(C(C)C)CCO2)c1. The standard InChI is InChI=1S/C14H26N4O/c1-12(2)17-6-7-19-14(11-17)9-15-4-5-18-10-13(3)8-16-18/h8,10,12,14-15H,4-7,9,11H2,1-3H3. The van der Waals surface area contributed by atoms with E-state index in [2.05, 4.69) is 42.3 Å². The highest BCUT2D eigenvalue weighted by Gasteiger charge is 2.21. The van der Waals surface area contributed by atoms with Gasteiger partial charge in [0, 0.05) is 38.4 Å². The van der Waals surface area contributed by atoms with Gasteiger partial charge in [-0.3, -0.25) is 9.58 Å². The molecule has 1 atom stereocenters. The monoisotopic (exact) mass is 266 g/mol. The molecule has 1 fully saturated rings. The molecule has 108 valence electrons. The molecule has 2 heterocycles. The van der Waals surface area contributed by atoms with E-state index in [0.717, 1.165) is 39.3 Å². The maximum Gasteiger partial charge on any atom is 0.0826 e. The van der Waals surface area contributed by atoms with Crippen molar-refractivity contribution in [3.05, 3.63) is 18.0 Å². The maximum atomic E-state index is 5.79. The van der Waals surface area contributed by atoms with Crippen molar-refractivity contribution in [2.24, 2.45) is 0 Å². The Balaban J connectivity index is 1.62. The molecule has 1 unspecified atom stereocenters. The number of nitrogens with one attached hydrogen (secondary N) is 1. The molecule has 0 spiro atoms. The largest absolute Gasteiger partial charge is 0.374 e. The van der Waals surface area contributed by atoms with Crippen LogP contribution in [0, 0.1) is 6.92 Å². The smallest absolute Gasteiger partial charge is 0.0826 e. The molecule has 1 N–H and O–H groups in total. The molecule has 1 aromatic rings. The summed E-state index contributed by atoms with van der Waals surface area (Å²) in [5.74, 6) is 0. The Morgan fingerprint density at radius 1 is 1.53 bits per heavy atom. The molecular formula is C14H26N4O. The highest BCUT2D eigenvalue weighted by molar-refractivity contribution is 4.99. The van der Waals surface area contributed by atoms with E-state index in [-0.39, 0.29) is 0 Å². The summed E-state index contributed by atoms with van der Waals surface area (Å²) in [6, 6.07) is 0.610. The van der Waals surface area contributed by atoms with Crippen molar-refractivity contribution >= 4 is 0 Å². The first kappa shape index (κ1) is 14.5. The number of morpholine rings is 1. The predicted octanol–water partition coefficient (Wildman–Crippen LogP) is 0.890. The molecule has 5 heteroatoms. The molecule has 0 amide bonds. The second kappa shape index (κ2) is 7.03. The van der Waals surface area contributed by atoms with Gasteiger partial charge < -0.3 is 10.1 Å². The number of aryl methyl sites for hydroxylation is 1. The first-order valence-electron chi connectivity index (χ1n) is 7.20. The molecule has 0 aromatic carbocycles. The van der Waals surface area contributed by atoms with Crippen molar-refractivity contribution < 1.29 is 4.74 Å². The van der Waals surface area contributed by atoms with Gasteiger partial charge in [-0.25, -0.2) is 0 Å². The fraction of sp³-hybridized carbons (Fsp3) is 0.786. The number of rotatable bonds is 6. The van der Waals surface area contributed by atoms with Crippen LogP contribution < -0.4 is 5.32 Å². The van der Waals surface area contributed by atoms with Crippen molar-refractivity contribution in [2.75, 3.05) is 32.8 Å². The molecule has 2 rings (SSSR count). The quantitative estimate of drug-likeness (QED) is 0.777. The van der Waals surface area contributed by atoms with Gasteiger partial charge in [-0.05, 0) is 26.3 Å². The zero-order valence-corrected chi connectivity index (χ0v) is 12.3. The third kappa shape index (κ3) is 4.60.